The van der Waals surface area contributed by atoms with Crippen LogP contribution in [0.5, 0.6) is 0 Å². The number of ether oxygens (including phenoxy) is 1. The molecule has 6 nitrogen and oxygen atoms in total. The van der Waals surface area contributed by atoms with Crippen LogP contribution in [0, 0.1) is 0 Å². The molecule has 0 spiro atoms. The predicted molar refractivity (Wildman–Crippen MR) is 107 cm³/mol. The maximum Gasteiger partial charge on any atom is 0.172 e. The average Bonchev–Trinajstić information content (AvgIpc) is 3.45. The first-order valence-corrected chi connectivity index (χ1v) is 9.95. The highest BCUT2D eigenvalue weighted by Crippen LogP contribution is 2.29. The van der Waals surface area contributed by atoms with Gasteiger partial charge < -0.3 is 10.1 Å². The van der Waals surface area contributed by atoms with E-state index in [0.29, 0.717) is 0 Å². The van der Waals surface area contributed by atoms with Crippen molar-refractivity contribution in [2.75, 3.05) is 11.9 Å². The number of benzene rings is 1. The van der Waals surface area contributed by atoms with Crippen LogP contribution in [0.1, 0.15) is 12.8 Å². The van der Waals surface area contributed by atoms with Crippen LogP contribution >= 0.6 is 11.3 Å². The lowest BCUT2D eigenvalue weighted by molar-refractivity contribution is 0.0940. The van der Waals surface area contributed by atoms with Crippen LogP contribution < -0.4 is 5.32 Å². The van der Waals surface area contributed by atoms with E-state index in [1.54, 1.807) is 11.3 Å². The first kappa shape index (κ1) is 16.4. The molecule has 0 radical (unpaired) electrons. The number of hydrogen-bond donors (Lipinski definition) is 1. The Labute approximate surface area is 160 Å². The highest BCUT2D eigenvalue weighted by Gasteiger charge is 2.17. The number of hydrogen-bond acceptors (Lipinski definition) is 6. The number of para-hydroxylation sites is 1. The Bertz CT molecular complexity index is 1050. The van der Waals surface area contributed by atoms with Gasteiger partial charge in [0.05, 0.1) is 34.9 Å². The van der Waals surface area contributed by atoms with E-state index in [-0.39, 0.29) is 6.10 Å². The van der Waals surface area contributed by atoms with Gasteiger partial charge in [0.2, 0.25) is 0 Å². The van der Waals surface area contributed by atoms with Crippen molar-refractivity contribution >= 4 is 33.7 Å². The summed E-state index contributed by atoms with van der Waals surface area (Å²) in [7, 11) is 0. The van der Waals surface area contributed by atoms with E-state index < -0.39 is 0 Å². The largest absolute Gasteiger partial charge is 0.376 e. The lowest BCUT2D eigenvalue weighted by Gasteiger charge is -2.10. The number of thiophene rings is 1. The fourth-order valence-electron chi connectivity index (χ4n) is 3.35. The number of nitrogens with zero attached hydrogens (tertiary/aromatic N) is 4. The Hall–Kier alpha value is -2.77. The van der Waals surface area contributed by atoms with Gasteiger partial charge in [-0.3, -0.25) is 4.68 Å². The quantitative estimate of drug-likeness (QED) is 0.556. The number of rotatable bonds is 5. The van der Waals surface area contributed by atoms with Crippen LogP contribution in [-0.2, 0) is 11.3 Å². The molecule has 4 aromatic rings. The Balaban J connectivity index is 1.46. The zero-order valence-corrected chi connectivity index (χ0v) is 15.5. The molecule has 1 saturated heterocycles. The van der Waals surface area contributed by atoms with E-state index in [2.05, 4.69) is 10.4 Å². The van der Waals surface area contributed by atoms with Gasteiger partial charge in [0.15, 0.2) is 5.82 Å². The van der Waals surface area contributed by atoms with Gasteiger partial charge in [-0.25, -0.2) is 9.97 Å². The van der Waals surface area contributed by atoms with Crippen LogP contribution in [0.2, 0.25) is 0 Å². The number of aromatic nitrogens is 4. The molecule has 0 bridgehead atoms. The van der Waals surface area contributed by atoms with Crippen molar-refractivity contribution in [2.24, 2.45) is 0 Å². The van der Waals surface area contributed by atoms with Gasteiger partial charge in [0, 0.05) is 18.2 Å². The molecule has 1 aromatic carbocycles. The van der Waals surface area contributed by atoms with Crippen molar-refractivity contribution in [3.63, 3.8) is 0 Å². The first-order chi connectivity index (χ1) is 13.3. The van der Waals surface area contributed by atoms with E-state index in [9.17, 15) is 0 Å². The Morgan fingerprint density at radius 3 is 3.00 bits per heavy atom. The molecular formula is C20H19N5OS. The summed E-state index contributed by atoms with van der Waals surface area (Å²) < 4.78 is 7.63. The minimum Gasteiger partial charge on any atom is -0.376 e. The Morgan fingerprint density at radius 2 is 2.15 bits per heavy atom. The fourth-order valence-corrected chi connectivity index (χ4v) is 4.01. The van der Waals surface area contributed by atoms with Gasteiger partial charge in [0.25, 0.3) is 0 Å². The highest BCUT2D eigenvalue weighted by molar-refractivity contribution is 7.13. The van der Waals surface area contributed by atoms with Crippen molar-refractivity contribution in [3.05, 3.63) is 54.2 Å². The minimum absolute atomic E-state index is 0.267. The molecule has 0 amide bonds. The van der Waals surface area contributed by atoms with Crippen LogP contribution in [-0.4, -0.2) is 32.5 Å². The van der Waals surface area contributed by atoms with Gasteiger partial charge in [-0.1, -0.05) is 18.2 Å². The van der Waals surface area contributed by atoms with Gasteiger partial charge in [-0.15, -0.1) is 11.3 Å². The molecule has 7 heteroatoms. The SMILES string of the molecule is c1csc(-c2nc(Nc3cnn(CC4CCCO4)c3)c3ccccc3n2)c1. The van der Waals surface area contributed by atoms with Crippen molar-refractivity contribution < 1.29 is 4.74 Å². The summed E-state index contributed by atoms with van der Waals surface area (Å²) in [5.41, 5.74) is 1.83. The van der Waals surface area contributed by atoms with Crippen molar-refractivity contribution in [3.8, 4) is 10.7 Å². The molecule has 0 aliphatic carbocycles. The highest BCUT2D eigenvalue weighted by atomic mass is 32.1. The van der Waals surface area contributed by atoms with Gasteiger partial charge in [-0.2, -0.15) is 5.10 Å². The van der Waals surface area contributed by atoms with Gasteiger partial charge in [-0.05, 0) is 36.4 Å². The van der Waals surface area contributed by atoms with E-state index in [0.717, 1.165) is 59.1 Å². The van der Waals surface area contributed by atoms with E-state index in [4.69, 9.17) is 14.7 Å². The zero-order chi connectivity index (χ0) is 18.1. The normalized spacial score (nSPS) is 16.8. The molecule has 1 atom stereocenters. The van der Waals surface area contributed by atoms with E-state index in [1.807, 2.05) is 58.9 Å². The predicted octanol–water partition coefficient (Wildman–Crippen LogP) is 4.48. The maximum atomic E-state index is 5.70. The van der Waals surface area contributed by atoms with Crippen LogP contribution in [0.4, 0.5) is 11.5 Å². The minimum atomic E-state index is 0.267. The van der Waals surface area contributed by atoms with Crippen LogP contribution in [0.25, 0.3) is 21.6 Å². The summed E-state index contributed by atoms with van der Waals surface area (Å²) in [5.74, 6) is 1.53. The fraction of sp³-hybridized carbons (Fsp3) is 0.250. The molecule has 1 unspecified atom stereocenters. The van der Waals surface area contributed by atoms with Gasteiger partial charge in [0.1, 0.15) is 5.82 Å². The Kier molecular flexibility index (Phi) is 4.31. The zero-order valence-electron chi connectivity index (χ0n) is 14.7. The first-order valence-electron chi connectivity index (χ1n) is 9.07. The van der Waals surface area contributed by atoms with E-state index >= 15 is 0 Å². The second kappa shape index (κ2) is 7.09. The molecule has 0 saturated carbocycles. The summed E-state index contributed by atoms with van der Waals surface area (Å²) in [6.07, 6.45) is 6.34. The third-order valence-electron chi connectivity index (χ3n) is 4.66. The second-order valence-corrected chi connectivity index (χ2v) is 7.55. The molecule has 27 heavy (non-hydrogen) atoms. The molecule has 3 aromatic heterocycles. The van der Waals surface area contributed by atoms with Crippen molar-refractivity contribution in [1.82, 2.24) is 19.7 Å². The summed E-state index contributed by atoms with van der Waals surface area (Å²) in [6.45, 7) is 1.64. The summed E-state index contributed by atoms with van der Waals surface area (Å²) in [6, 6.07) is 12.1. The summed E-state index contributed by atoms with van der Waals surface area (Å²) >= 11 is 1.64. The molecule has 136 valence electrons. The molecule has 1 N–H and O–H groups in total. The lowest BCUT2D eigenvalue weighted by atomic mass is 10.2. The van der Waals surface area contributed by atoms with Crippen LogP contribution in [0.15, 0.2) is 54.2 Å². The van der Waals surface area contributed by atoms with E-state index in [1.165, 1.54) is 0 Å². The van der Waals surface area contributed by atoms with Crippen LogP contribution in [0.3, 0.4) is 0 Å². The Morgan fingerprint density at radius 1 is 1.19 bits per heavy atom. The average molecular weight is 377 g/mol. The topological polar surface area (TPSA) is 64.9 Å². The van der Waals surface area contributed by atoms with Crippen molar-refractivity contribution in [2.45, 2.75) is 25.5 Å². The third-order valence-corrected chi connectivity index (χ3v) is 5.52. The molecule has 1 aliphatic heterocycles. The number of fused-ring (bicyclic) bond motifs is 1. The third kappa shape index (κ3) is 3.43. The smallest absolute Gasteiger partial charge is 0.172 e. The number of anilines is 2. The molecule has 4 heterocycles. The second-order valence-electron chi connectivity index (χ2n) is 6.60. The molecule has 1 aliphatic rings. The summed E-state index contributed by atoms with van der Waals surface area (Å²) in [4.78, 5) is 10.5. The molecule has 5 rings (SSSR count). The monoisotopic (exact) mass is 377 g/mol. The molecular weight excluding hydrogens is 358 g/mol. The number of nitrogens with one attached hydrogen (secondary N) is 1. The molecule has 1 fully saturated rings. The van der Waals surface area contributed by atoms with Gasteiger partial charge >= 0.3 is 0 Å². The maximum absolute atomic E-state index is 5.70. The standard InChI is InChI=1S/C20H19N5OS/c1-2-7-17-16(6-1)19(24-20(23-17)18-8-4-10-27-18)22-14-11-21-25(12-14)13-15-5-3-9-26-15/h1-2,4,6-8,10-12,15H,3,5,9,13H2,(H,22,23,24). The van der Waals surface area contributed by atoms with Crippen molar-refractivity contribution in [1.29, 1.82) is 0 Å². The summed E-state index contributed by atoms with van der Waals surface area (Å²) in [5, 5.41) is 10.9. The lowest BCUT2D eigenvalue weighted by Crippen LogP contribution is -2.15.